The van der Waals surface area contributed by atoms with Crippen LogP contribution in [0.4, 0.5) is 11.4 Å². The highest BCUT2D eigenvalue weighted by Gasteiger charge is 2.36. The van der Waals surface area contributed by atoms with Gasteiger partial charge in [0.2, 0.25) is 0 Å². The fourth-order valence-electron chi connectivity index (χ4n) is 2.23. The number of amides is 2. The number of rotatable bonds is 0. The van der Waals surface area contributed by atoms with Crippen molar-refractivity contribution in [1.82, 2.24) is 0 Å². The maximum atomic E-state index is 12.0. The van der Waals surface area contributed by atoms with Crippen molar-refractivity contribution in [3.8, 4) is 0 Å². The van der Waals surface area contributed by atoms with Gasteiger partial charge in [0.1, 0.15) is 0 Å². The number of carbonyl (C=O) groups is 2. The summed E-state index contributed by atoms with van der Waals surface area (Å²) in [7, 11) is 0. The lowest BCUT2D eigenvalue weighted by molar-refractivity contribution is -0.112. The number of fused-ring (bicyclic) bond motifs is 2. The Morgan fingerprint density at radius 1 is 0.778 bits per heavy atom. The average Bonchev–Trinajstić information content (AvgIpc) is 3.01. The molecule has 0 saturated heterocycles. The fourth-order valence-corrected chi connectivity index (χ4v) is 4.03. The lowest BCUT2D eigenvalue weighted by Crippen LogP contribution is -2.10. The van der Waals surface area contributed by atoms with Crippen LogP contribution in [0, 0.1) is 0 Å². The highest BCUT2D eigenvalue weighted by molar-refractivity contribution is 7.14. The van der Waals surface area contributed by atoms with E-state index in [2.05, 4.69) is 10.6 Å². The first kappa shape index (κ1) is 10.0. The van der Waals surface area contributed by atoms with E-state index >= 15 is 0 Å². The van der Waals surface area contributed by atoms with Gasteiger partial charge in [0.05, 0.1) is 32.3 Å². The predicted octanol–water partition coefficient (Wildman–Crippen LogP) is 2.62. The van der Waals surface area contributed by atoms with Crippen LogP contribution in [0.25, 0.3) is 11.1 Å². The molecule has 0 bridgehead atoms. The number of hydrogen-bond donors (Lipinski definition) is 2. The Bertz CT molecular complexity index is 677. The fraction of sp³-hybridized carbons (Fsp3) is 0. The lowest BCUT2D eigenvalue weighted by Gasteiger charge is -1.99. The van der Waals surface area contributed by atoms with Crippen molar-refractivity contribution in [1.29, 1.82) is 0 Å². The zero-order valence-corrected chi connectivity index (χ0v) is 10.6. The monoisotopic (exact) mass is 274 g/mol. The molecule has 0 fully saturated rings. The Balaban J connectivity index is 2.05. The first-order valence-corrected chi connectivity index (χ1v) is 7.04. The Morgan fingerprint density at radius 3 is 1.67 bits per heavy atom. The van der Waals surface area contributed by atoms with E-state index in [0.717, 1.165) is 21.1 Å². The molecule has 6 heteroatoms. The third-order valence-electron chi connectivity index (χ3n) is 2.99. The molecule has 18 heavy (non-hydrogen) atoms. The minimum Gasteiger partial charge on any atom is -0.321 e. The molecule has 4 heterocycles. The highest BCUT2D eigenvalue weighted by atomic mass is 32.1. The Morgan fingerprint density at radius 2 is 1.22 bits per heavy atom. The quantitative estimate of drug-likeness (QED) is 0.725. The number of thiophene rings is 2. The molecule has 0 aromatic carbocycles. The van der Waals surface area contributed by atoms with Crippen molar-refractivity contribution >= 4 is 57.0 Å². The van der Waals surface area contributed by atoms with E-state index in [1.165, 1.54) is 22.7 Å². The van der Waals surface area contributed by atoms with Gasteiger partial charge in [-0.25, -0.2) is 0 Å². The molecule has 0 radical (unpaired) electrons. The second-order valence-electron chi connectivity index (χ2n) is 3.99. The van der Waals surface area contributed by atoms with Crippen LogP contribution in [0.3, 0.4) is 0 Å². The second-order valence-corrected chi connectivity index (χ2v) is 5.82. The van der Waals surface area contributed by atoms with Crippen LogP contribution in [0.1, 0.15) is 9.75 Å². The number of hydrogen-bond acceptors (Lipinski definition) is 4. The summed E-state index contributed by atoms with van der Waals surface area (Å²) >= 11 is 2.95. The zero-order chi connectivity index (χ0) is 12.3. The summed E-state index contributed by atoms with van der Waals surface area (Å²) in [5, 5.41) is 9.39. The summed E-state index contributed by atoms with van der Waals surface area (Å²) in [6.07, 6.45) is 0. The summed E-state index contributed by atoms with van der Waals surface area (Å²) in [6, 6.07) is 3.71. The van der Waals surface area contributed by atoms with Gasteiger partial charge in [-0.1, -0.05) is 0 Å². The Labute approximate surface area is 110 Å². The standard InChI is InChI=1S/C12H6N2O2S2/c15-11-7(9-5(13-11)1-3-17-9)8-10-6(2-4-18-10)14-12(8)16/h1-4H,(H,13,15)(H,14,16)/b8-7+. The maximum absolute atomic E-state index is 12.0. The van der Waals surface area contributed by atoms with E-state index < -0.39 is 0 Å². The van der Waals surface area contributed by atoms with Crippen molar-refractivity contribution in [2.75, 3.05) is 10.6 Å². The summed E-state index contributed by atoms with van der Waals surface area (Å²) < 4.78 is 0. The van der Waals surface area contributed by atoms with Crippen LogP contribution >= 0.6 is 22.7 Å². The maximum Gasteiger partial charge on any atom is 0.258 e. The third kappa shape index (κ3) is 1.13. The first-order chi connectivity index (χ1) is 8.75. The Kier molecular flexibility index (Phi) is 1.84. The van der Waals surface area contributed by atoms with Gasteiger partial charge in [0.15, 0.2) is 0 Å². The Hall–Kier alpha value is -1.92. The van der Waals surface area contributed by atoms with E-state index in [1.54, 1.807) is 0 Å². The van der Waals surface area contributed by atoms with E-state index in [4.69, 9.17) is 0 Å². The van der Waals surface area contributed by atoms with E-state index in [-0.39, 0.29) is 11.8 Å². The lowest BCUT2D eigenvalue weighted by atomic mass is 10.1. The zero-order valence-electron chi connectivity index (χ0n) is 8.94. The van der Waals surface area contributed by atoms with Crippen LogP contribution in [-0.2, 0) is 9.59 Å². The molecule has 2 aromatic heterocycles. The van der Waals surface area contributed by atoms with Gasteiger partial charge in [-0.3, -0.25) is 9.59 Å². The number of nitrogens with one attached hydrogen (secondary N) is 2. The molecular formula is C12H6N2O2S2. The molecule has 0 unspecified atom stereocenters. The molecule has 2 aliphatic rings. The van der Waals surface area contributed by atoms with Gasteiger partial charge in [0, 0.05) is 0 Å². The normalized spacial score (nSPS) is 20.7. The predicted molar refractivity (Wildman–Crippen MR) is 72.7 cm³/mol. The van der Waals surface area contributed by atoms with Crippen molar-refractivity contribution in [3.05, 3.63) is 32.6 Å². The molecule has 2 amide bonds. The van der Waals surface area contributed by atoms with E-state index in [0.29, 0.717) is 11.1 Å². The molecule has 0 atom stereocenters. The first-order valence-electron chi connectivity index (χ1n) is 5.28. The summed E-state index contributed by atoms with van der Waals surface area (Å²) in [6.45, 7) is 0. The highest BCUT2D eigenvalue weighted by Crippen LogP contribution is 2.45. The molecule has 0 spiro atoms. The summed E-state index contributed by atoms with van der Waals surface area (Å²) in [5.74, 6) is -0.383. The topological polar surface area (TPSA) is 58.2 Å². The second kappa shape index (κ2) is 3.30. The van der Waals surface area contributed by atoms with Gasteiger partial charge in [0.25, 0.3) is 11.8 Å². The van der Waals surface area contributed by atoms with E-state index in [9.17, 15) is 9.59 Å². The average molecular weight is 274 g/mol. The number of anilines is 2. The van der Waals surface area contributed by atoms with Crippen LogP contribution < -0.4 is 10.6 Å². The van der Waals surface area contributed by atoms with Crippen molar-refractivity contribution in [3.63, 3.8) is 0 Å². The van der Waals surface area contributed by atoms with Crippen molar-refractivity contribution in [2.45, 2.75) is 0 Å². The van der Waals surface area contributed by atoms with Crippen LogP contribution in [0.15, 0.2) is 22.9 Å². The van der Waals surface area contributed by atoms with Crippen LogP contribution in [0.5, 0.6) is 0 Å². The molecule has 2 aromatic rings. The van der Waals surface area contributed by atoms with Gasteiger partial charge in [-0.15, -0.1) is 22.7 Å². The molecule has 0 aliphatic carbocycles. The molecule has 4 rings (SSSR count). The molecule has 0 saturated carbocycles. The molecule has 88 valence electrons. The molecule has 2 N–H and O–H groups in total. The molecular weight excluding hydrogens is 268 g/mol. The number of carbonyl (C=O) groups excluding carboxylic acids is 2. The van der Waals surface area contributed by atoms with Gasteiger partial charge in [-0.05, 0) is 22.9 Å². The minimum atomic E-state index is -0.191. The van der Waals surface area contributed by atoms with Crippen LogP contribution in [-0.4, -0.2) is 11.8 Å². The van der Waals surface area contributed by atoms with Crippen molar-refractivity contribution < 1.29 is 9.59 Å². The van der Waals surface area contributed by atoms with Gasteiger partial charge >= 0.3 is 0 Å². The van der Waals surface area contributed by atoms with Gasteiger partial charge in [-0.2, -0.15) is 0 Å². The van der Waals surface area contributed by atoms with Crippen LogP contribution in [0.2, 0.25) is 0 Å². The minimum absolute atomic E-state index is 0.191. The molecule has 4 nitrogen and oxygen atoms in total. The largest absolute Gasteiger partial charge is 0.321 e. The smallest absolute Gasteiger partial charge is 0.258 e. The summed E-state index contributed by atoms with van der Waals surface area (Å²) in [4.78, 5) is 25.7. The molecule has 2 aliphatic heterocycles. The third-order valence-corrected chi connectivity index (χ3v) is 4.85. The van der Waals surface area contributed by atoms with E-state index in [1.807, 2.05) is 22.9 Å². The van der Waals surface area contributed by atoms with Crippen molar-refractivity contribution in [2.24, 2.45) is 0 Å². The summed E-state index contributed by atoms with van der Waals surface area (Å²) in [5.41, 5.74) is 2.59. The van der Waals surface area contributed by atoms with Gasteiger partial charge < -0.3 is 10.6 Å². The SMILES string of the molecule is O=C1Nc2ccsc2/C1=C1\C(=O)Nc2ccsc21.